The first kappa shape index (κ1) is 18.8. The van der Waals surface area contributed by atoms with E-state index in [-0.39, 0.29) is 17.2 Å². The minimum absolute atomic E-state index is 0.218. The van der Waals surface area contributed by atoms with E-state index >= 15 is 0 Å². The summed E-state index contributed by atoms with van der Waals surface area (Å²) in [6.07, 6.45) is 1.34. The SMILES string of the molecule is COc1ccc(-c2cc(C(=O)NN=Cc3ccc(O)c(O)c3)[nH]n2)cc1OC. The van der Waals surface area contributed by atoms with Crippen LogP contribution in [0.2, 0.25) is 0 Å². The average molecular weight is 382 g/mol. The molecule has 0 saturated heterocycles. The standard InChI is InChI=1S/C19H18N4O5/c1-27-17-6-4-12(8-18(17)28-2)13-9-14(22-21-13)19(26)23-20-10-11-3-5-15(24)16(25)7-11/h3-10,24-25H,1-2H3,(H,21,22)(H,23,26). The number of aromatic hydroxyl groups is 2. The maximum Gasteiger partial charge on any atom is 0.289 e. The number of amides is 1. The molecule has 9 nitrogen and oxygen atoms in total. The first-order chi connectivity index (χ1) is 13.5. The van der Waals surface area contributed by atoms with Crippen molar-refractivity contribution in [3.05, 3.63) is 53.7 Å². The Balaban J connectivity index is 1.70. The van der Waals surface area contributed by atoms with E-state index in [1.165, 1.54) is 31.5 Å². The molecule has 0 saturated carbocycles. The molecule has 0 bridgehead atoms. The van der Waals surface area contributed by atoms with Crippen molar-refractivity contribution in [2.24, 2.45) is 5.10 Å². The van der Waals surface area contributed by atoms with Crippen molar-refractivity contribution in [1.29, 1.82) is 0 Å². The number of phenols is 2. The van der Waals surface area contributed by atoms with Gasteiger partial charge in [-0.05, 0) is 48.0 Å². The second kappa shape index (κ2) is 8.12. The molecule has 3 rings (SSSR count). The highest BCUT2D eigenvalue weighted by Crippen LogP contribution is 2.31. The lowest BCUT2D eigenvalue weighted by molar-refractivity contribution is 0.0950. The van der Waals surface area contributed by atoms with Crippen LogP contribution >= 0.6 is 0 Å². The quantitative estimate of drug-likeness (QED) is 0.294. The highest BCUT2D eigenvalue weighted by atomic mass is 16.5. The fraction of sp³-hybridized carbons (Fsp3) is 0.105. The molecule has 0 unspecified atom stereocenters. The minimum atomic E-state index is -0.488. The molecule has 1 aromatic heterocycles. The summed E-state index contributed by atoms with van der Waals surface area (Å²) >= 11 is 0. The molecule has 3 aromatic rings. The zero-order chi connectivity index (χ0) is 20.1. The molecular formula is C19H18N4O5. The van der Waals surface area contributed by atoms with Crippen LogP contribution in [-0.2, 0) is 0 Å². The number of carbonyl (C=O) groups excluding carboxylic acids is 1. The number of hydrogen-bond donors (Lipinski definition) is 4. The number of nitrogens with one attached hydrogen (secondary N) is 2. The van der Waals surface area contributed by atoms with E-state index in [2.05, 4.69) is 20.7 Å². The molecule has 0 radical (unpaired) electrons. The third-order valence-corrected chi connectivity index (χ3v) is 3.88. The number of aromatic amines is 1. The van der Waals surface area contributed by atoms with E-state index in [9.17, 15) is 15.0 Å². The number of H-pyrrole nitrogens is 1. The number of rotatable bonds is 6. The van der Waals surface area contributed by atoms with Crippen LogP contribution in [0, 0.1) is 0 Å². The molecule has 1 amide bonds. The zero-order valence-corrected chi connectivity index (χ0v) is 15.1. The lowest BCUT2D eigenvalue weighted by Gasteiger charge is -2.08. The molecule has 1 heterocycles. The topological polar surface area (TPSA) is 129 Å². The summed E-state index contributed by atoms with van der Waals surface area (Å²) in [5.41, 5.74) is 4.38. The molecule has 0 atom stereocenters. The Kier molecular flexibility index (Phi) is 5.45. The van der Waals surface area contributed by atoms with Gasteiger partial charge in [0.2, 0.25) is 0 Å². The van der Waals surface area contributed by atoms with E-state index < -0.39 is 5.91 Å². The maximum absolute atomic E-state index is 12.2. The van der Waals surface area contributed by atoms with E-state index in [1.807, 2.05) is 0 Å². The first-order valence-electron chi connectivity index (χ1n) is 8.15. The Morgan fingerprint density at radius 1 is 1.07 bits per heavy atom. The molecule has 0 aliphatic rings. The number of hydrogen-bond acceptors (Lipinski definition) is 7. The number of aromatic nitrogens is 2. The Labute approximate surface area is 160 Å². The number of phenolic OH excluding ortho intramolecular Hbond substituents is 2. The predicted octanol–water partition coefficient (Wildman–Crippen LogP) is 2.27. The molecule has 144 valence electrons. The third-order valence-electron chi connectivity index (χ3n) is 3.88. The van der Waals surface area contributed by atoms with Crippen molar-refractivity contribution in [2.45, 2.75) is 0 Å². The van der Waals surface area contributed by atoms with Crippen LogP contribution < -0.4 is 14.9 Å². The van der Waals surface area contributed by atoms with E-state index in [0.717, 1.165) is 5.56 Å². The molecule has 28 heavy (non-hydrogen) atoms. The van der Waals surface area contributed by atoms with Gasteiger partial charge in [-0.1, -0.05) is 0 Å². The van der Waals surface area contributed by atoms with Gasteiger partial charge in [-0.2, -0.15) is 10.2 Å². The Bertz CT molecular complexity index is 1030. The van der Waals surface area contributed by atoms with Crippen molar-refractivity contribution in [1.82, 2.24) is 15.6 Å². The first-order valence-corrected chi connectivity index (χ1v) is 8.15. The van der Waals surface area contributed by atoms with Gasteiger partial charge >= 0.3 is 0 Å². The fourth-order valence-electron chi connectivity index (χ4n) is 2.43. The van der Waals surface area contributed by atoms with Crippen LogP contribution in [0.25, 0.3) is 11.3 Å². The number of nitrogens with zero attached hydrogens (tertiary/aromatic N) is 2. The maximum atomic E-state index is 12.2. The summed E-state index contributed by atoms with van der Waals surface area (Å²) in [6.45, 7) is 0. The van der Waals surface area contributed by atoms with E-state index in [1.54, 1.807) is 31.4 Å². The summed E-state index contributed by atoms with van der Waals surface area (Å²) in [6, 6.07) is 11.1. The van der Waals surface area contributed by atoms with Gasteiger partial charge in [0.25, 0.3) is 5.91 Å². The normalized spacial score (nSPS) is 10.8. The summed E-state index contributed by atoms with van der Waals surface area (Å²) < 4.78 is 10.5. The Morgan fingerprint density at radius 3 is 2.57 bits per heavy atom. The third kappa shape index (κ3) is 4.04. The highest BCUT2D eigenvalue weighted by Gasteiger charge is 2.12. The van der Waals surface area contributed by atoms with Crippen molar-refractivity contribution >= 4 is 12.1 Å². The van der Waals surface area contributed by atoms with Crippen LogP contribution in [0.1, 0.15) is 16.1 Å². The second-order valence-corrected chi connectivity index (χ2v) is 5.68. The molecule has 0 aliphatic carbocycles. The van der Waals surface area contributed by atoms with Gasteiger partial charge in [-0.3, -0.25) is 9.89 Å². The van der Waals surface area contributed by atoms with Crippen LogP contribution in [0.3, 0.4) is 0 Å². The van der Waals surface area contributed by atoms with Crippen molar-refractivity contribution in [3.8, 4) is 34.3 Å². The molecule has 2 aromatic carbocycles. The van der Waals surface area contributed by atoms with Gasteiger partial charge in [0, 0.05) is 5.56 Å². The molecule has 0 spiro atoms. The monoisotopic (exact) mass is 382 g/mol. The predicted molar refractivity (Wildman–Crippen MR) is 102 cm³/mol. The zero-order valence-electron chi connectivity index (χ0n) is 15.1. The molecule has 0 fully saturated rings. The minimum Gasteiger partial charge on any atom is -0.504 e. The smallest absolute Gasteiger partial charge is 0.289 e. The number of benzene rings is 2. The molecular weight excluding hydrogens is 364 g/mol. The van der Waals surface area contributed by atoms with Gasteiger partial charge in [0.05, 0.1) is 26.1 Å². The summed E-state index contributed by atoms with van der Waals surface area (Å²) in [5.74, 6) is 0.147. The van der Waals surface area contributed by atoms with Gasteiger partial charge in [-0.25, -0.2) is 5.43 Å². The fourth-order valence-corrected chi connectivity index (χ4v) is 2.43. The van der Waals surface area contributed by atoms with Crippen LogP contribution in [0.4, 0.5) is 0 Å². The Morgan fingerprint density at radius 2 is 1.86 bits per heavy atom. The Hall–Kier alpha value is -4.01. The summed E-state index contributed by atoms with van der Waals surface area (Å²) in [7, 11) is 3.09. The largest absolute Gasteiger partial charge is 0.504 e. The van der Waals surface area contributed by atoms with Crippen LogP contribution in [0.5, 0.6) is 23.0 Å². The van der Waals surface area contributed by atoms with Crippen molar-refractivity contribution in [3.63, 3.8) is 0 Å². The van der Waals surface area contributed by atoms with Crippen molar-refractivity contribution in [2.75, 3.05) is 14.2 Å². The van der Waals surface area contributed by atoms with Gasteiger partial charge < -0.3 is 19.7 Å². The molecule has 0 aliphatic heterocycles. The summed E-state index contributed by atoms with van der Waals surface area (Å²) in [4.78, 5) is 12.2. The highest BCUT2D eigenvalue weighted by molar-refractivity contribution is 5.94. The van der Waals surface area contributed by atoms with E-state index in [4.69, 9.17) is 9.47 Å². The van der Waals surface area contributed by atoms with Gasteiger partial charge in [-0.15, -0.1) is 0 Å². The van der Waals surface area contributed by atoms with Crippen LogP contribution in [-0.4, -0.2) is 46.8 Å². The second-order valence-electron chi connectivity index (χ2n) is 5.68. The molecule has 4 N–H and O–H groups in total. The van der Waals surface area contributed by atoms with Gasteiger partial charge in [0.15, 0.2) is 23.0 Å². The number of carbonyl (C=O) groups is 1. The summed E-state index contributed by atoms with van der Waals surface area (Å²) in [5, 5.41) is 29.3. The number of ether oxygens (including phenoxy) is 2. The van der Waals surface area contributed by atoms with Crippen LogP contribution in [0.15, 0.2) is 47.6 Å². The lowest BCUT2D eigenvalue weighted by atomic mass is 10.1. The average Bonchev–Trinajstić information content (AvgIpc) is 3.20. The van der Waals surface area contributed by atoms with Crippen molar-refractivity contribution < 1.29 is 24.5 Å². The number of hydrazone groups is 1. The lowest BCUT2D eigenvalue weighted by Crippen LogP contribution is -2.17. The van der Waals surface area contributed by atoms with E-state index in [0.29, 0.717) is 22.8 Å². The van der Waals surface area contributed by atoms with Gasteiger partial charge in [0.1, 0.15) is 5.69 Å². The molecule has 9 heteroatoms. The number of methoxy groups -OCH3 is 2.